The second-order valence-corrected chi connectivity index (χ2v) is 7.98. The Labute approximate surface area is 180 Å². The molecule has 0 saturated carbocycles. The van der Waals surface area contributed by atoms with E-state index in [-0.39, 0.29) is 11.9 Å². The Morgan fingerprint density at radius 2 is 1.83 bits per heavy atom. The molecule has 1 aliphatic heterocycles. The second kappa shape index (κ2) is 8.79. The van der Waals surface area contributed by atoms with Crippen LogP contribution in [-0.2, 0) is 6.42 Å². The van der Waals surface area contributed by atoms with E-state index in [4.69, 9.17) is 14.2 Å². The quantitative estimate of drug-likeness (QED) is 0.563. The summed E-state index contributed by atoms with van der Waals surface area (Å²) in [5.74, 6) is 1.97. The molecular weight excluding hydrogens is 398 g/mol. The van der Waals surface area contributed by atoms with Crippen molar-refractivity contribution in [1.29, 1.82) is 0 Å². The van der Waals surface area contributed by atoms with Crippen molar-refractivity contribution in [2.24, 2.45) is 0 Å². The molecule has 2 heterocycles. The Hall–Kier alpha value is -2.99. The lowest BCUT2D eigenvalue weighted by Crippen LogP contribution is -2.40. The van der Waals surface area contributed by atoms with Gasteiger partial charge in [0.2, 0.25) is 0 Å². The van der Waals surface area contributed by atoms with Gasteiger partial charge in [-0.3, -0.25) is 4.79 Å². The molecule has 0 bridgehead atoms. The molecule has 4 rings (SSSR count). The maximum atomic E-state index is 13.7. The molecule has 0 saturated heterocycles. The zero-order valence-corrected chi connectivity index (χ0v) is 18.2. The molecule has 1 amide bonds. The number of rotatable bonds is 6. The number of hydrogen-bond donors (Lipinski definition) is 0. The number of nitrogens with zero attached hydrogens (tertiary/aromatic N) is 1. The van der Waals surface area contributed by atoms with E-state index in [1.165, 1.54) is 5.56 Å². The number of benzene rings is 2. The Morgan fingerprint density at radius 3 is 2.53 bits per heavy atom. The maximum absolute atomic E-state index is 13.7. The van der Waals surface area contributed by atoms with Crippen LogP contribution in [0.25, 0.3) is 0 Å². The van der Waals surface area contributed by atoms with Crippen molar-refractivity contribution in [3.8, 4) is 17.2 Å². The fraction of sp³-hybridized carbons (Fsp3) is 0.292. The molecule has 30 heavy (non-hydrogen) atoms. The van der Waals surface area contributed by atoms with Crippen molar-refractivity contribution in [2.45, 2.75) is 19.4 Å². The minimum atomic E-state index is -0.185. The Balaban J connectivity index is 1.81. The predicted molar refractivity (Wildman–Crippen MR) is 118 cm³/mol. The molecule has 1 aromatic heterocycles. The van der Waals surface area contributed by atoms with E-state index < -0.39 is 0 Å². The Morgan fingerprint density at radius 1 is 1.07 bits per heavy atom. The highest BCUT2D eigenvalue weighted by atomic mass is 32.1. The van der Waals surface area contributed by atoms with Crippen molar-refractivity contribution in [2.75, 3.05) is 27.4 Å². The van der Waals surface area contributed by atoms with E-state index in [9.17, 15) is 4.79 Å². The third-order valence-electron chi connectivity index (χ3n) is 5.36. The number of carbonyl (C=O) groups is 1. The topological polar surface area (TPSA) is 48.0 Å². The molecule has 0 radical (unpaired) electrons. The molecular formula is C24H25NO4S. The Kier molecular flexibility index (Phi) is 5.95. The van der Waals surface area contributed by atoms with Crippen molar-refractivity contribution >= 4 is 17.2 Å². The second-order valence-electron chi connectivity index (χ2n) is 7.00. The van der Waals surface area contributed by atoms with E-state index in [0.717, 1.165) is 16.9 Å². The summed E-state index contributed by atoms with van der Waals surface area (Å²) >= 11 is 1.65. The van der Waals surface area contributed by atoms with Crippen LogP contribution in [0.5, 0.6) is 17.2 Å². The van der Waals surface area contributed by atoms with E-state index in [0.29, 0.717) is 36.0 Å². The summed E-state index contributed by atoms with van der Waals surface area (Å²) < 4.78 is 16.8. The number of amides is 1. The monoisotopic (exact) mass is 423 g/mol. The standard InChI is InChI=1S/C24H25NO4S/c1-4-29-19-9-6-5-8-17(19)24(26)25-12-11-16-14-20(27-2)21(28-3)15-18(16)23(25)22-10-7-13-30-22/h5-10,13-15,23H,4,11-12H2,1-3H3. The zero-order valence-electron chi connectivity index (χ0n) is 17.4. The number of methoxy groups -OCH3 is 2. The number of thiophene rings is 1. The molecule has 0 spiro atoms. The summed E-state index contributed by atoms with van der Waals surface area (Å²) in [6.07, 6.45) is 0.750. The minimum Gasteiger partial charge on any atom is -0.493 e. The predicted octanol–water partition coefficient (Wildman–Crippen LogP) is 4.95. The molecule has 0 fully saturated rings. The van der Waals surface area contributed by atoms with Crippen LogP contribution in [-0.4, -0.2) is 38.2 Å². The van der Waals surface area contributed by atoms with Gasteiger partial charge in [0.15, 0.2) is 11.5 Å². The van der Waals surface area contributed by atoms with Crippen LogP contribution in [0.2, 0.25) is 0 Å². The first kappa shape index (κ1) is 20.3. The lowest BCUT2D eigenvalue weighted by atomic mass is 9.90. The molecule has 2 aromatic carbocycles. The van der Waals surface area contributed by atoms with Crippen LogP contribution < -0.4 is 14.2 Å². The van der Waals surface area contributed by atoms with E-state index >= 15 is 0 Å². The van der Waals surface area contributed by atoms with Gasteiger partial charge in [-0.25, -0.2) is 0 Å². The van der Waals surface area contributed by atoms with Crippen LogP contribution in [0.3, 0.4) is 0 Å². The average molecular weight is 424 g/mol. The molecule has 6 heteroatoms. The molecule has 1 unspecified atom stereocenters. The lowest BCUT2D eigenvalue weighted by molar-refractivity contribution is 0.0692. The van der Waals surface area contributed by atoms with Gasteiger partial charge in [0, 0.05) is 11.4 Å². The highest BCUT2D eigenvalue weighted by Crippen LogP contribution is 2.43. The summed E-state index contributed by atoms with van der Waals surface area (Å²) in [7, 11) is 3.28. The summed E-state index contributed by atoms with van der Waals surface area (Å²) in [5, 5.41) is 2.04. The van der Waals surface area contributed by atoms with Crippen molar-refractivity contribution in [1.82, 2.24) is 4.90 Å². The van der Waals surface area contributed by atoms with Gasteiger partial charge in [-0.05, 0) is 60.2 Å². The highest BCUT2D eigenvalue weighted by molar-refractivity contribution is 7.10. The summed E-state index contributed by atoms with van der Waals surface area (Å²) in [5.41, 5.74) is 2.83. The highest BCUT2D eigenvalue weighted by Gasteiger charge is 2.35. The van der Waals surface area contributed by atoms with Gasteiger partial charge in [0.05, 0.1) is 32.4 Å². The van der Waals surface area contributed by atoms with Crippen molar-refractivity contribution < 1.29 is 19.0 Å². The van der Waals surface area contributed by atoms with Crippen LogP contribution in [0, 0.1) is 0 Å². The van der Waals surface area contributed by atoms with E-state index in [1.807, 2.05) is 59.7 Å². The van der Waals surface area contributed by atoms with Crippen molar-refractivity contribution in [3.05, 3.63) is 75.5 Å². The van der Waals surface area contributed by atoms with Crippen LogP contribution in [0.1, 0.15) is 39.3 Å². The van der Waals surface area contributed by atoms with E-state index in [1.54, 1.807) is 25.6 Å². The first-order valence-corrected chi connectivity index (χ1v) is 10.9. The fourth-order valence-electron chi connectivity index (χ4n) is 4.00. The zero-order chi connectivity index (χ0) is 21.1. The number of hydrogen-bond acceptors (Lipinski definition) is 5. The van der Waals surface area contributed by atoms with Crippen molar-refractivity contribution in [3.63, 3.8) is 0 Å². The van der Waals surface area contributed by atoms with Crippen LogP contribution >= 0.6 is 11.3 Å². The van der Waals surface area contributed by atoms with Gasteiger partial charge in [0.1, 0.15) is 5.75 Å². The Bertz CT molecular complexity index is 1030. The largest absolute Gasteiger partial charge is 0.493 e. The van der Waals surface area contributed by atoms with Crippen LogP contribution in [0.15, 0.2) is 53.9 Å². The molecule has 0 aliphatic carbocycles. The number of ether oxygens (including phenoxy) is 3. The van der Waals surface area contributed by atoms with Crippen LogP contribution in [0.4, 0.5) is 0 Å². The minimum absolute atomic E-state index is 0.0297. The first-order valence-electron chi connectivity index (χ1n) is 9.98. The normalized spacial score (nSPS) is 15.4. The molecule has 5 nitrogen and oxygen atoms in total. The lowest BCUT2D eigenvalue weighted by Gasteiger charge is -2.37. The third-order valence-corrected chi connectivity index (χ3v) is 6.29. The smallest absolute Gasteiger partial charge is 0.258 e. The molecule has 1 aliphatic rings. The summed E-state index contributed by atoms with van der Waals surface area (Å²) in [6.45, 7) is 3.05. The van der Waals surface area contributed by atoms with Gasteiger partial charge >= 0.3 is 0 Å². The van der Waals surface area contributed by atoms with Gasteiger partial charge in [-0.15, -0.1) is 11.3 Å². The molecule has 0 N–H and O–H groups in total. The van der Waals surface area contributed by atoms with Gasteiger partial charge in [0.25, 0.3) is 5.91 Å². The fourth-order valence-corrected chi connectivity index (χ4v) is 4.85. The molecule has 156 valence electrons. The van der Waals surface area contributed by atoms with E-state index in [2.05, 4.69) is 6.07 Å². The van der Waals surface area contributed by atoms with Gasteiger partial charge in [-0.2, -0.15) is 0 Å². The maximum Gasteiger partial charge on any atom is 0.258 e. The molecule has 1 atom stereocenters. The first-order chi connectivity index (χ1) is 14.7. The number of carbonyl (C=O) groups excluding carboxylic acids is 1. The summed E-state index contributed by atoms with van der Waals surface area (Å²) in [4.78, 5) is 16.7. The van der Waals surface area contributed by atoms with Gasteiger partial charge < -0.3 is 19.1 Å². The average Bonchev–Trinajstić information content (AvgIpc) is 3.32. The van der Waals surface area contributed by atoms with Gasteiger partial charge in [-0.1, -0.05) is 18.2 Å². The third kappa shape index (κ3) is 3.63. The number of para-hydroxylation sites is 1. The number of fused-ring (bicyclic) bond motifs is 1. The SMILES string of the molecule is CCOc1ccccc1C(=O)N1CCc2cc(OC)c(OC)cc2C1c1cccs1. The molecule has 3 aromatic rings. The summed E-state index contributed by atoms with van der Waals surface area (Å²) in [6, 6.07) is 15.4.